The van der Waals surface area contributed by atoms with Gasteiger partial charge in [0.25, 0.3) is 0 Å². The lowest BCUT2D eigenvalue weighted by atomic mass is 10.1. The topological polar surface area (TPSA) is 49.3 Å². The molecular weight excluding hydrogens is 166 g/mol. The van der Waals surface area contributed by atoms with E-state index in [0.717, 1.165) is 24.8 Å². The second-order valence-corrected chi connectivity index (χ2v) is 3.78. The van der Waals surface area contributed by atoms with Crippen molar-refractivity contribution in [3.63, 3.8) is 0 Å². The molecule has 3 heteroatoms. The highest BCUT2D eigenvalue weighted by atomic mass is 16.3. The molecule has 0 aliphatic heterocycles. The van der Waals surface area contributed by atoms with Crippen LogP contribution >= 0.6 is 0 Å². The fourth-order valence-electron chi connectivity index (χ4n) is 1.62. The van der Waals surface area contributed by atoms with Gasteiger partial charge >= 0.3 is 0 Å². The SMILES string of the molecule is C=C(C)CNC(=O)C1CCCC1O. The number of nitrogens with one attached hydrogen (secondary N) is 1. The van der Waals surface area contributed by atoms with Crippen LogP contribution in [-0.4, -0.2) is 23.7 Å². The summed E-state index contributed by atoms with van der Waals surface area (Å²) in [7, 11) is 0. The molecule has 2 N–H and O–H groups in total. The lowest BCUT2D eigenvalue weighted by molar-refractivity contribution is -0.127. The number of amides is 1. The molecule has 0 spiro atoms. The van der Waals surface area contributed by atoms with Crippen LogP contribution in [0, 0.1) is 5.92 Å². The number of hydrogen-bond acceptors (Lipinski definition) is 2. The molecule has 0 aromatic heterocycles. The summed E-state index contributed by atoms with van der Waals surface area (Å²) >= 11 is 0. The number of rotatable bonds is 3. The van der Waals surface area contributed by atoms with Gasteiger partial charge in [0.15, 0.2) is 0 Å². The zero-order chi connectivity index (χ0) is 9.84. The van der Waals surface area contributed by atoms with Gasteiger partial charge in [-0.15, -0.1) is 0 Å². The smallest absolute Gasteiger partial charge is 0.225 e. The van der Waals surface area contributed by atoms with Gasteiger partial charge in [0.1, 0.15) is 0 Å². The van der Waals surface area contributed by atoms with Crippen LogP contribution in [0.3, 0.4) is 0 Å². The van der Waals surface area contributed by atoms with Crippen LogP contribution < -0.4 is 5.32 Å². The van der Waals surface area contributed by atoms with Crippen molar-refractivity contribution in [2.24, 2.45) is 5.92 Å². The maximum Gasteiger partial charge on any atom is 0.225 e. The maximum absolute atomic E-state index is 11.4. The molecule has 1 rings (SSSR count). The Hall–Kier alpha value is -0.830. The van der Waals surface area contributed by atoms with Gasteiger partial charge in [0.2, 0.25) is 5.91 Å². The van der Waals surface area contributed by atoms with E-state index >= 15 is 0 Å². The third kappa shape index (κ3) is 2.84. The number of carbonyl (C=O) groups excluding carboxylic acids is 1. The number of aliphatic hydroxyl groups is 1. The van der Waals surface area contributed by atoms with Gasteiger partial charge in [-0.2, -0.15) is 0 Å². The van der Waals surface area contributed by atoms with E-state index in [0.29, 0.717) is 6.54 Å². The molecule has 1 amide bonds. The molecule has 0 radical (unpaired) electrons. The zero-order valence-corrected chi connectivity index (χ0v) is 8.05. The molecule has 13 heavy (non-hydrogen) atoms. The van der Waals surface area contributed by atoms with Crippen molar-refractivity contribution in [3.05, 3.63) is 12.2 Å². The van der Waals surface area contributed by atoms with Gasteiger partial charge in [-0.1, -0.05) is 12.2 Å². The molecule has 3 nitrogen and oxygen atoms in total. The summed E-state index contributed by atoms with van der Waals surface area (Å²) in [5.74, 6) is -0.229. The van der Waals surface area contributed by atoms with E-state index in [-0.39, 0.29) is 11.8 Å². The summed E-state index contributed by atoms with van der Waals surface area (Å²) in [5, 5.41) is 12.2. The third-order valence-corrected chi connectivity index (χ3v) is 2.38. The van der Waals surface area contributed by atoms with E-state index in [9.17, 15) is 9.90 Å². The van der Waals surface area contributed by atoms with Gasteiger partial charge in [-0.25, -0.2) is 0 Å². The summed E-state index contributed by atoms with van der Waals surface area (Å²) in [6, 6.07) is 0. The first-order valence-corrected chi connectivity index (χ1v) is 4.71. The van der Waals surface area contributed by atoms with E-state index in [4.69, 9.17) is 0 Å². The van der Waals surface area contributed by atoms with Crippen molar-refractivity contribution >= 4 is 5.91 Å². The lowest BCUT2D eigenvalue weighted by Gasteiger charge is -2.14. The van der Waals surface area contributed by atoms with Gasteiger partial charge in [0, 0.05) is 6.54 Å². The summed E-state index contributed by atoms with van der Waals surface area (Å²) in [5.41, 5.74) is 0.931. The van der Waals surface area contributed by atoms with Crippen molar-refractivity contribution in [1.82, 2.24) is 5.32 Å². The minimum absolute atomic E-state index is 0.0343. The average Bonchev–Trinajstić information content (AvgIpc) is 2.47. The fourth-order valence-corrected chi connectivity index (χ4v) is 1.62. The molecule has 0 aromatic carbocycles. The molecule has 1 aliphatic rings. The average molecular weight is 183 g/mol. The number of carbonyl (C=O) groups is 1. The van der Waals surface area contributed by atoms with Gasteiger partial charge in [-0.05, 0) is 26.2 Å². The Morgan fingerprint density at radius 2 is 2.31 bits per heavy atom. The maximum atomic E-state index is 11.4. The highest BCUT2D eigenvalue weighted by Crippen LogP contribution is 2.25. The van der Waals surface area contributed by atoms with E-state index in [1.54, 1.807) is 0 Å². The Bertz CT molecular complexity index is 213. The highest BCUT2D eigenvalue weighted by molar-refractivity contribution is 5.79. The second kappa shape index (κ2) is 4.42. The molecule has 0 aromatic rings. The quantitative estimate of drug-likeness (QED) is 0.637. The van der Waals surface area contributed by atoms with Crippen LogP contribution in [0.5, 0.6) is 0 Å². The van der Waals surface area contributed by atoms with Crippen molar-refractivity contribution in [3.8, 4) is 0 Å². The van der Waals surface area contributed by atoms with Gasteiger partial charge in [0.05, 0.1) is 12.0 Å². The van der Waals surface area contributed by atoms with E-state index in [1.807, 2.05) is 6.92 Å². The first-order chi connectivity index (χ1) is 6.11. The first-order valence-electron chi connectivity index (χ1n) is 4.71. The molecule has 0 heterocycles. The minimum Gasteiger partial charge on any atom is -0.392 e. The van der Waals surface area contributed by atoms with E-state index in [1.165, 1.54) is 0 Å². The summed E-state index contributed by atoms with van der Waals surface area (Å²) < 4.78 is 0. The molecule has 0 bridgehead atoms. The predicted octanol–water partition coefficient (Wildman–Crippen LogP) is 0.840. The lowest BCUT2D eigenvalue weighted by Crippen LogP contribution is -2.35. The van der Waals surface area contributed by atoms with Crippen molar-refractivity contribution < 1.29 is 9.90 Å². The highest BCUT2D eigenvalue weighted by Gasteiger charge is 2.30. The van der Waals surface area contributed by atoms with Crippen molar-refractivity contribution in [2.75, 3.05) is 6.54 Å². The fraction of sp³-hybridized carbons (Fsp3) is 0.700. The standard InChI is InChI=1S/C10H17NO2/c1-7(2)6-11-10(13)8-4-3-5-9(8)12/h8-9,12H,1,3-6H2,2H3,(H,11,13). The first kappa shape index (κ1) is 10.3. The Morgan fingerprint density at radius 1 is 1.62 bits per heavy atom. The van der Waals surface area contributed by atoms with Crippen LogP contribution in [0.1, 0.15) is 26.2 Å². The Morgan fingerprint density at radius 3 is 2.77 bits per heavy atom. The van der Waals surface area contributed by atoms with E-state index in [2.05, 4.69) is 11.9 Å². The molecule has 1 saturated carbocycles. The summed E-state index contributed by atoms with van der Waals surface area (Å²) in [6.07, 6.45) is 2.07. The van der Waals surface area contributed by atoms with Crippen LogP contribution in [0.2, 0.25) is 0 Å². The molecule has 0 saturated heterocycles. The zero-order valence-electron chi connectivity index (χ0n) is 8.05. The molecule has 2 unspecified atom stereocenters. The van der Waals surface area contributed by atoms with Crippen molar-refractivity contribution in [2.45, 2.75) is 32.3 Å². The summed E-state index contributed by atoms with van der Waals surface area (Å²) in [6.45, 7) is 6.08. The van der Waals surface area contributed by atoms with Crippen molar-refractivity contribution in [1.29, 1.82) is 0 Å². The Labute approximate surface area is 78.8 Å². The molecule has 1 fully saturated rings. The van der Waals surface area contributed by atoms with Gasteiger partial charge < -0.3 is 10.4 Å². The Kier molecular flexibility index (Phi) is 3.48. The largest absolute Gasteiger partial charge is 0.392 e. The normalized spacial score (nSPS) is 27.2. The second-order valence-electron chi connectivity index (χ2n) is 3.78. The third-order valence-electron chi connectivity index (χ3n) is 2.38. The molecule has 2 atom stereocenters. The Balaban J connectivity index is 2.34. The monoisotopic (exact) mass is 183 g/mol. The van der Waals surface area contributed by atoms with Gasteiger partial charge in [-0.3, -0.25) is 4.79 Å². The molecule has 1 aliphatic carbocycles. The number of hydrogen-bond donors (Lipinski definition) is 2. The molecule has 74 valence electrons. The predicted molar refractivity (Wildman–Crippen MR) is 51.2 cm³/mol. The van der Waals surface area contributed by atoms with E-state index < -0.39 is 6.10 Å². The van der Waals surface area contributed by atoms with Crippen LogP contribution in [0.25, 0.3) is 0 Å². The summed E-state index contributed by atoms with van der Waals surface area (Å²) in [4.78, 5) is 11.4. The molecular formula is C10H17NO2. The van der Waals surface area contributed by atoms with Crippen LogP contribution in [0.4, 0.5) is 0 Å². The van der Waals surface area contributed by atoms with Crippen LogP contribution in [0.15, 0.2) is 12.2 Å². The number of aliphatic hydroxyl groups excluding tert-OH is 1. The van der Waals surface area contributed by atoms with Crippen LogP contribution in [-0.2, 0) is 4.79 Å². The minimum atomic E-state index is -0.440.